The molecule has 0 saturated heterocycles. The van der Waals surface area contributed by atoms with E-state index in [1.54, 1.807) is 43.3 Å². The van der Waals surface area contributed by atoms with Gasteiger partial charge in [0.05, 0.1) is 0 Å². The SMILES string of the molecule is Cc1ccc(C(=O)Nc2ccc(N)cc2)o1.Cl. The first-order chi connectivity index (χ1) is 7.65. The smallest absolute Gasteiger partial charge is 0.291 e. The Morgan fingerprint density at radius 2 is 1.82 bits per heavy atom. The normalized spacial score (nSPS) is 9.47. The molecule has 0 aliphatic heterocycles. The molecule has 0 aliphatic rings. The summed E-state index contributed by atoms with van der Waals surface area (Å²) in [5.74, 6) is 0.745. The van der Waals surface area contributed by atoms with Crippen molar-refractivity contribution in [1.82, 2.24) is 0 Å². The molecular formula is C12H13ClN2O2. The Labute approximate surface area is 105 Å². The summed E-state index contributed by atoms with van der Waals surface area (Å²) < 4.78 is 5.20. The lowest BCUT2D eigenvalue weighted by Crippen LogP contribution is -2.10. The summed E-state index contributed by atoms with van der Waals surface area (Å²) in [6.45, 7) is 1.79. The van der Waals surface area contributed by atoms with E-state index in [2.05, 4.69) is 5.32 Å². The van der Waals surface area contributed by atoms with Crippen molar-refractivity contribution in [1.29, 1.82) is 0 Å². The molecule has 17 heavy (non-hydrogen) atoms. The van der Waals surface area contributed by atoms with Crippen molar-refractivity contribution in [2.45, 2.75) is 6.92 Å². The van der Waals surface area contributed by atoms with Crippen LogP contribution < -0.4 is 11.1 Å². The van der Waals surface area contributed by atoms with Gasteiger partial charge in [-0.3, -0.25) is 4.79 Å². The van der Waals surface area contributed by atoms with Crippen molar-refractivity contribution in [3.8, 4) is 0 Å². The summed E-state index contributed by atoms with van der Waals surface area (Å²) in [4.78, 5) is 11.7. The Kier molecular flexibility index (Phi) is 4.17. The highest BCUT2D eigenvalue weighted by Gasteiger charge is 2.09. The molecular weight excluding hydrogens is 240 g/mol. The molecule has 0 unspecified atom stereocenters. The Balaban J connectivity index is 0.00000144. The van der Waals surface area contributed by atoms with Crippen molar-refractivity contribution in [2.24, 2.45) is 0 Å². The number of nitrogens with one attached hydrogen (secondary N) is 1. The first kappa shape index (κ1) is 13.1. The van der Waals surface area contributed by atoms with Gasteiger partial charge in [0, 0.05) is 11.4 Å². The predicted molar refractivity (Wildman–Crippen MR) is 69.5 cm³/mol. The van der Waals surface area contributed by atoms with Crippen LogP contribution in [0.5, 0.6) is 0 Å². The number of amides is 1. The van der Waals surface area contributed by atoms with Crippen LogP contribution >= 0.6 is 12.4 Å². The van der Waals surface area contributed by atoms with Crippen LogP contribution in [0.2, 0.25) is 0 Å². The van der Waals surface area contributed by atoms with E-state index in [1.165, 1.54) is 0 Å². The van der Waals surface area contributed by atoms with Crippen molar-refractivity contribution in [2.75, 3.05) is 11.1 Å². The number of benzene rings is 1. The molecule has 0 radical (unpaired) electrons. The van der Waals surface area contributed by atoms with Gasteiger partial charge in [-0.25, -0.2) is 0 Å². The maximum Gasteiger partial charge on any atom is 0.291 e. The third-order valence-corrected chi connectivity index (χ3v) is 2.13. The molecule has 2 rings (SSSR count). The number of carbonyl (C=O) groups excluding carboxylic acids is 1. The van der Waals surface area contributed by atoms with Crippen LogP contribution in [0.1, 0.15) is 16.3 Å². The average molecular weight is 253 g/mol. The highest BCUT2D eigenvalue weighted by Crippen LogP contribution is 2.13. The maximum atomic E-state index is 11.7. The zero-order valence-corrected chi connectivity index (χ0v) is 10.1. The highest BCUT2D eigenvalue weighted by atomic mass is 35.5. The van der Waals surface area contributed by atoms with Gasteiger partial charge in [0.1, 0.15) is 5.76 Å². The lowest BCUT2D eigenvalue weighted by molar-refractivity contribution is 0.0995. The van der Waals surface area contributed by atoms with Gasteiger partial charge in [-0.2, -0.15) is 0 Å². The number of carbonyl (C=O) groups is 1. The Morgan fingerprint density at radius 3 is 2.35 bits per heavy atom. The molecule has 0 spiro atoms. The van der Waals surface area contributed by atoms with Crippen molar-refractivity contribution >= 4 is 29.7 Å². The van der Waals surface area contributed by atoms with Gasteiger partial charge in [-0.05, 0) is 43.3 Å². The van der Waals surface area contributed by atoms with Crippen LogP contribution in [-0.4, -0.2) is 5.91 Å². The molecule has 1 aromatic carbocycles. The molecule has 90 valence electrons. The quantitative estimate of drug-likeness (QED) is 0.808. The second kappa shape index (κ2) is 5.41. The topological polar surface area (TPSA) is 68.3 Å². The van der Waals surface area contributed by atoms with Gasteiger partial charge < -0.3 is 15.5 Å². The maximum absolute atomic E-state index is 11.7. The van der Waals surface area contributed by atoms with Crippen LogP contribution in [0.25, 0.3) is 0 Å². The first-order valence-electron chi connectivity index (χ1n) is 4.88. The van der Waals surface area contributed by atoms with Crippen LogP contribution in [0, 0.1) is 6.92 Å². The van der Waals surface area contributed by atoms with E-state index in [-0.39, 0.29) is 18.3 Å². The summed E-state index contributed by atoms with van der Waals surface area (Å²) in [7, 11) is 0. The number of rotatable bonds is 2. The minimum Gasteiger partial charge on any atom is -0.456 e. The van der Waals surface area contributed by atoms with Crippen molar-refractivity contribution in [3.05, 3.63) is 47.9 Å². The van der Waals surface area contributed by atoms with Crippen molar-refractivity contribution in [3.63, 3.8) is 0 Å². The molecule has 0 fully saturated rings. The van der Waals surface area contributed by atoms with Gasteiger partial charge >= 0.3 is 0 Å². The third-order valence-electron chi connectivity index (χ3n) is 2.13. The number of anilines is 2. The zero-order valence-electron chi connectivity index (χ0n) is 9.27. The molecule has 2 aromatic rings. The minimum absolute atomic E-state index is 0. The molecule has 5 heteroatoms. The number of aryl methyl sites for hydroxylation is 1. The van der Waals surface area contributed by atoms with E-state index >= 15 is 0 Å². The summed E-state index contributed by atoms with van der Waals surface area (Å²) in [5.41, 5.74) is 6.89. The summed E-state index contributed by atoms with van der Waals surface area (Å²) in [6, 6.07) is 10.3. The van der Waals surface area contributed by atoms with Gasteiger partial charge in [-0.1, -0.05) is 0 Å². The summed E-state index contributed by atoms with van der Waals surface area (Å²) in [6.07, 6.45) is 0. The second-order valence-corrected chi connectivity index (χ2v) is 3.49. The van der Waals surface area contributed by atoms with E-state index in [0.29, 0.717) is 22.9 Å². The van der Waals surface area contributed by atoms with E-state index in [4.69, 9.17) is 10.2 Å². The standard InChI is InChI=1S/C12H12N2O2.ClH/c1-8-2-7-11(16-8)12(15)14-10-5-3-9(13)4-6-10;/h2-7H,13H2,1H3,(H,14,15);1H. The van der Waals surface area contributed by atoms with Gasteiger partial charge in [0.25, 0.3) is 5.91 Å². The molecule has 0 saturated carbocycles. The van der Waals surface area contributed by atoms with Crippen LogP contribution in [0.15, 0.2) is 40.8 Å². The first-order valence-corrected chi connectivity index (χ1v) is 4.88. The fourth-order valence-electron chi connectivity index (χ4n) is 1.32. The lowest BCUT2D eigenvalue weighted by atomic mass is 10.3. The highest BCUT2D eigenvalue weighted by molar-refractivity contribution is 6.02. The second-order valence-electron chi connectivity index (χ2n) is 3.49. The molecule has 1 aromatic heterocycles. The third kappa shape index (κ3) is 3.26. The fraction of sp³-hybridized carbons (Fsp3) is 0.0833. The van der Waals surface area contributed by atoms with E-state index in [9.17, 15) is 4.79 Å². The predicted octanol–water partition coefficient (Wildman–Crippen LogP) is 2.84. The van der Waals surface area contributed by atoms with E-state index in [1.807, 2.05) is 0 Å². The lowest BCUT2D eigenvalue weighted by Gasteiger charge is -2.02. The van der Waals surface area contributed by atoms with Gasteiger partial charge in [0.15, 0.2) is 5.76 Å². The van der Waals surface area contributed by atoms with Gasteiger partial charge in [-0.15, -0.1) is 12.4 Å². The molecule has 3 N–H and O–H groups in total. The summed E-state index contributed by atoms with van der Waals surface area (Å²) >= 11 is 0. The minimum atomic E-state index is -0.266. The Bertz CT molecular complexity index is 505. The van der Waals surface area contributed by atoms with Crippen LogP contribution in [-0.2, 0) is 0 Å². The van der Waals surface area contributed by atoms with E-state index in [0.717, 1.165) is 0 Å². The molecule has 0 bridgehead atoms. The zero-order chi connectivity index (χ0) is 11.5. The Morgan fingerprint density at radius 1 is 1.18 bits per heavy atom. The molecule has 1 heterocycles. The number of nitrogens with two attached hydrogens (primary N) is 1. The number of halogens is 1. The Hall–Kier alpha value is -1.94. The summed E-state index contributed by atoms with van der Waals surface area (Å²) in [5, 5.41) is 2.71. The monoisotopic (exact) mass is 252 g/mol. The molecule has 0 aliphatic carbocycles. The van der Waals surface area contributed by atoms with Crippen LogP contribution in [0.3, 0.4) is 0 Å². The average Bonchev–Trinajstić information content (AvgIpc) is 2.68. The van der Waals surface area contributed by atoms with Crippen LogP contribution in [0.4, 0.5) is 11.4 Å². The molecule has 0 atom stereocenters. The molecule has 1 amide bonds. The fourth-order valence-corrected chi connectivity index (χ4v) is 1.32. The van der Waals surface area contributed by atoms with Crippen molar-refractivity contribution < 1.29 is 9.21 Å². The number of hydrogen-bond donors (Lipinski definition) is 2. The number of furan rings is 1. The number of hydrogen-bond acceptors (Lipinski definition) is 3. The largest absolute Gasteiger partial charge is 0.456 e. The number of nitrogen functional groups attached to an aromatic ring is 1. The van der Waals surface area contributed by atoms with E-state index < -0.39 is 0 Å². The molecule has 4 nitrogen and oxygen atoms in total. The van der Waals surface area contributed by atoms with Gasteiger partial charge in [0.2, 0.25) is 0 Å².